The summed E-state index contributed by atoms with van der Waals surface area (Å²) in [6.07, 6.45) is -0.224. The quantitative estimate of drug-likeness (QED) is 0.827. The van der Waals surface area contributed by atoms with E-state index in [1.165, 1.54) is 5.56 Å². The molecule has 0 aliphatic rings. The van der Waals surface area contributed by atoms with Crippen molar-refractivity contribution in [3.8, 4) is 5.75 Å². The molecule has 1 aromatic carbocycles. The molecule has 1 atom stereocenters. The lowest BCUT2D eigenvalue weighted by atomic mass is 10.0. The summed E-state index contributed by atoms with van der Waals surface area (Å²) < 4.78 is 5.74. The Morgan fingerprint density at radius 1 is 1.27 bits per heavy atom. The summed E-state index contributed by atoms with van der Waals surface area (Å²) in [4.78, 5) is 0. The number of hydrogen-bond acceptors (Lipinski definition) is 2. The van der Waals surface area contributed by atoms with E-state index in [1.54, 1.807) is 13.8 Å². The van der Waals surface area contributed by atoms with Gasteiger partial charge in [0.1, 0.15) is 11.9 Å². The monoisotopic (exact) mass is 208 g/mol. The predicted molar refractivity (Wildman–Crippen MR) is 62.3 cm³/mol. The summed E-state index contributed by atoms with van der Waals surface area (Å²) in [5, 5.41) is 9.78. The summed E-state index contributed by atoms with van der Waals surface area (Å²) in [6.45, 7) is 9.42. The van der Waals surface area contributed by atoms with Gasteiger partial charge in [-0.3, -0.25) is 0 Å². The van der Waals surface area contributed by atoms with Crippen molar-refractivity contribution in [3.63, 3.8) is 0 Å². The zero-order valence-electron chi connectivity index (χ0n) is 10.2. The third-order valence-electron chi connectivity index (χ3n) is 2.64. The van der Waals surface area contributed by atoms with Crippen LogP contribution in [0.2, 0.25) is 0 Å². The van der Waals surface area contributed by atoms with Gasteiger partial charge >= 0.3 is 0 Å². The number of hydrogen-bond donors (Lipinski definition) is 1. The number of aryl methyl sites for hydroxylation is 2. The Balaban J connectivity index is 2.85. The molecule has 0 spiro atoms. The highest BCUT2D eigenvalue weighted by Crippen LogP contribution is 2.23. The minimum atomic E-state index is -0.823. The van der Waals surface area contributed by atoms with Crippen LogP contribution in [0.1, 0.15) is 31.9 Å². The zero-order chi connectivity index (χ0) is 11.6. The van der Waals surface area contributed by atoms with Crippen molar-refractivity contribution in [2.75, 3.05) is 0 Å². The number of ether oxygens (including phenoxy) is 1. The zero-order valence-corrected chi connectivity index (χ0v) is 10.2. The highest BCUT2D eigenvalue weighted by Gasteiger charge is 2.24. The normalized spacial score (nSPS) is 13.7. The van der Waals surface area contributed by atoms with Crippen molar-refractivity contribution >= 4 is 0 Å². The molecule has 0 aliphatic carbocycles. The third kappa shape index (κ3) is 3.24. The lowest BCUT2D eigenvalue weighted by Gasteiger charge is -2.27. The molecule has 0 saturated heterocycles. The lowest BCUT2D eigenvalue weighted by Crippen LogP contribution is -2.38. The molecule has 2 heteroatoms. The minimum Gasteiger partial charge on any atom is -0.487 e. The summed E-state index contributed by atoms with van der Waals surface area (Å²) >= 11 is 0. The fourth-order valence-electron chi connectivity index (χ4n) is 1.17. The van der Waals surface area contributed by atoms with Crippen LogP contribution < -0.4 is 4.74 Å². The summed E-state index contributed by atoms with van der Waals surface area (Å²) in [6, 6.07) is 6.08. The molecule has 84 valence electrons. The Morgan fingerprint density at radius 3 is 2.40 bits per heavy atom. The number of benzene rings is 1. The maximum atomic E-state index is 9.78. The largest absolute Gasteiger partial charge is 0.487 e. The Hall–Kier alpha value is -1.02. The van der Waals surface area contributed by atoms with Crippen LogP contribution in [0.3, 0.4) is 0 Å². The lowest BCUT2D eigenvalue weighted by molar-refractivity contribution is -0.0244. The Kier molecular flexibility index (Phi) is 3.40. The van der Waals surface area contributed by atoms with Gasteiger partial charge in [0.2, 0.25) is 0 Å². The maximum Gasteiger partial charge on any atom is 0.124 e. The molecule has 0 radical (unpaired) electrons. The summed E-state index contributed by atoms with van der Waals surface area (Å²) in [7, 11) is 0. The van der Waals surface area contributed by atoms with E-state index < -0.39 is 5.60 Å². The van der Waals surface area contributed by atoms with Gasteiger partial charge in [-0.25, -0.2) is 0 Å². The minimum absolute atomic E-state index is 0.224. The van der Waals surface area contributed by atoms with E-state index in [2.05, 4.69) is 6.07 Å². The smallest absolute Gasteiger partial charge is 0.124 e. The molecule has 0 fully saturated rings. The van der Waals surface area contributed by atoms with Gasteiger partial charge in [0.15, 0.2) is 0 Å². The second-order valence-corrected chi connectivity index (χ2v) is 4.68. The molecule has 0 heterocycles. The van der Waals surface area contributed by atoms with Crippen LogP contribution in [-0.2, 0) is 0 Å². The van der Waals surface area contributed by atoms with Crippen LogP contribution in [0.25, 0.3) is 0 Å². The standard InChI is InChI=1S/C13H20O2/c1-9-6-7-10(2)12(8-9)15-11(3)13(4,5)14/h6-8,11,14H,1-5H3. The molecule has 0 bridgehead atoms. The van der Waals surface area contributed by atoms with Gasteiger partial charge in [0, 0.05) is 0 Å². The SMILES string of the molecule is Cc1ccc(C)c(OC(C)C(C)(C)O)c1. The average Bonchev–Trinajstić information content (AvgIpc) is 2.09. The van der Waals surface area contributed by atoms with E-state index in [9.17, 15) is 5.11 Å². The second-order valence-electron chi connectivity index (χ2n) is 4.68. The Morgan fingerprint density at radius 2 is 1.87 bits per heavy atom. The molecule has 1 unspecified atom stereocenters. The molecule has 0 aromatic heterocycles. The van der Waals surface area contributed by atoms with Crippen LogP contribution >= 0.6 is 0 Å². The van der Waals surface area contributed by atoms with Crippen LogP contribution in [0, 0.1) is 13.8 Å². The highest BCUT2D eigenvalue weighted by molar-refractivity contribution is 5.36. The average molecular weight is 208 g/mol. The van der Waals surface area contributed by atoms with Gasteiger partial charge in [-0.1, -0.05) is 12.1 Å². The first-order chi connectivity index (χ1) is 6.80. The topological polar surface area (TPSA) is 29.5 Å². The Labute approximate surface area is 91.9 Å². The highest BCUT2D eigenvalue weighted by atomic mass is 16.5. The summed E-state index contributed by atoms with van der Waals surface area (Å²) in [5.74, 6) is 0.852. The number of aliphatic hydroxyl groups is 1. The van der Waals surface area contributed by atoms with E-state index >= 15 is 0 Å². The summed E-state index contributed by atoms with van der Waals surface area (Å²) in [5.41, 5.74) is 1.44. The molecule has 1 rings (SSSR count). The van der Waals surface area contributed by atoms with Gasteiger partial charge in [-0.2, -0.15) is 0 Å². The van der Waals surface area contributed by atoms with Gasteiger partial charge in [-0.05, 0) is 51.8 Å². The molecular weight excluding hydrogens is 188 g/mol. The fourth-order valence-corrected chi connectivity index (χ4v) is 1.17. The van der Waals surface area contributed by atoms with Crippen LogP contribution in [0.4, 0.5) is 0 Å². The van der Waals surface area contributed by atoms with Gasteiger partial charge in [0.25, 0.3) is 0 Å². The molecule has 2 nitrogen and oxygen atoms in total. The van der Waals surface area contributed by atoms with E-state index in [1.807, 2.05) is 32.9 Å². The van der Waals surface area contributed by atoms with Crippen molar-refractivity contribution < 1.29 is 9.84 Å². The molecule has 0 aliphatic heterocycles. The van der Waals surface area contributed by atoms with Crippen molar-refractivity contribution in [2.24, 2.45) is 0 Å². The first kappa shape index (κ1) is 12.1. The molecule has 1 N–H and O–H groups in total. The van der Waals surface area contributed by atoms with Crippen molar-refractivity contribution in [1.29, 1.82) is 0 Å². The molecule has 1 aromatic rings. The second kappa shape index (κ2) is 4.23. The molecular formula is C13H20O2. The van der Waals surface area contributed by atoms with Crippen LogP contribution in [-0.4, -0.2) is 16.8 Å². The molecule has 15 heavy (non-hydrogen) atoms. The van der Waals surface area contributed by atoms with Crippen molar-refractivity contribution in [3.05, 3.63) is 29.3 Å². The van der Waals surface area contributed by atoms with Gasteiger partial charge in [0.05, 0.1) is 5.60 Å². The molecule has 0 saturated carbocycles. The first-order valence-corrected chi connectivity index (χ1v) is 5.27. The number of rotatable bonds is 3. The van der Waals surface area contributed by atoms with Crippen molar-refractivity contribution in [1.82, 2.24) is 0 Å². The fraction of sp³-hybridized carbons (Fsp3) is 0.538. The van der Waals surface area contributed by atoms with Crippen LogP contribution in [0.15, 0.2) is 18.2 Å². The predicted octanol–water partition coefficient (Wildman–Crippen LogP) is 2.84. The van der Waals surface area contributed by atoms with Crippen molar-refractivity contribution in [2.45, 2.75) is 46.3 Å². The Bertz CT molecular complexity index is 337. The maximum absolute atomic E-state index is 9.78. The van der Waals surface area contributed by atoms with Crippen LogP contribution in [0.5, 0.6) is 5.75 Å². The van der Waals surface area contributed by atoms with E-state index in [0.717, 1.165) is 11.3 Å². The van der Waals surface area contributed by atoms with E-state index in [4.69, 9.17) is 4.74 Å². The van der Waals surface area contributed by atoms with Gasteiger partial charge in [-0.15, -0.1) is 0 Å². The first-order valence-electron chi connectivity index (χ1n) is 5.27. The van der Waals surface area contributed by atoms with E-state index in [0.29, 0.717) is 0 Å². The third-order valence-corrected chi connectivity index (χ3v) is 2.64. The van der Waals surface area contributed by atoms with Gasteiger partial charge < -0.3 is 9.84 Å². The van der Waals surface area contributed by atoms with E-state index in [-0.39, 0.29) is 6.10 Å². The molecule has 0 amide bonds.